The van der Waals surface area contributed by atoms with Gasteiger partial charge in [-0.2, -0.15) is 0 Å². The van der Waals surface area contributed by atoms with E-state index in [1.165, 1.54) is 6.07 Å². The van der Waals surface area contributed by atoms with Gasteiger partial charge in [-0.05, 0) is 42.9 Å². The summed E-state index contributed by atoms with van der Waals surface area (Å²) in [5.41, 5.74) is 7.73. The third-order valence-electron chi connectivity index (χ3n) is 4.19. The molecular formula is C16H20FN3. The van der Waals surface area contributed by atoms with Crippen LogP contribution < -0.4 is 11.1 Å². The number of rotatable bonds is 2. The Morgan fingerprint density at radius 2 is 2.25 bits per heavy atom. The molecule has 1 aliphatic carbocycles. The van der Waals surface area contributed by atoms with Gasteiger partial charge in [-0.15, -0.1) is 0 Å². The van der Waals surface area contributed by atoms with Gasteiger partial charge in [-0.25, -0.2) is 4.39 Å². The summed E-state index contributed by atoms with van der Waals surface area (Å²) in [4.78, 5) is 4.30. The second-order valence-corrected chi connectivity index (χ2v) is 6.47. The van der Waals surface area contributed by atoms with Crippen LogP contribution in [0.5, 0.6) is 0 Å². The maximum Gasteiger partial charge on any atom is 0.150 e. The van der Waals surface area contributed by atoms with Crippen molar-refractivity contribution >= 4 is 22.3 Å². The van der Waals surface area contributed by atoms with Crippen molar-refractivity contribution in [2.75, 3.05) is 11.1 Å². The van der Waals surface area contributed by atoms with Gasteiger partial charge in [0.1, 0.15) is 0 Å². The molecule has 20 heavy (non-hydrogen) atoms. The minimum Gasteiger partial charge on any atom is -0.398 e. The Labute approximate surface area is 118 Å². The highest BCUT2D eigenvalue weighted by atomic mass is 19.1. The minimum absolute atomic E-state index is 0.299. The molecule has 1 heterocycles. The molecule has 3 rings (SSSR count). The number of anilines is 2. The Kier molecular flexibility index (Phi) is 3.04. The molecule has 4 heteroatoms. The summed E-state index contributed by atoms with van der Waals surface area (Å²) in [6.45, 7) is 4.51. The number of benzene rings is 1. The lowest BCUT2D eigenvalue weighted by atomic mass is 9.92. The average Bonchev–Trinajstić information content (AvgIpc) is 2.74. The fourth-order valence-corrected chi connectivity index (χ4v) is 3.14. The molecule has 0 amide bonds. The lowest BCUT2D eigenvalue weighted by molar-refractivity contribution is 0.378. The first kappa shape index (κ1) is 13.2. The van der Waals surface area contributed by atoms with Gasteiger partial charge in [0.05, 0.1) is 11.2 Å². The van der Waals surface area contributed by atoms with Crippen LogP contribution in [0.15, 0.2) is 24.4 Å². The van der Waals surface area contributed by atoms with Gasteiger partial charge in [-0.1, -0.05) is 13.8 Å². The van der Waals surface area contributed by atoms with Gasteiger partial charge in [0.2, 0.25) is 0 Å². The van der Waals surface area contributed by atoms with Crippen LogP contribution in [0, 0.1) is 11.2 Å². The summed E-state index contributed by atoms with van der Waals surface area (Å²) in [6.07, 6.45) is 4.94. The van der Waals surface area contributed by atoms with Crippen molar-refractivity contribution in [1.82, 2.24) is 4.98 Å². The zero-order valence-corrected chi connectivity index (χ0v) is 11.9. The summed E-state index contributed by atoms with van der Waals surface area (Å²) < 4.78 is 14.2. The maximum absolute atomic E-state index is 14.2. The highest BCUT2D eigenvalue weighted by molar-refractivity contribution is 5.98. The molecule has 106 valence electrons. The molecule has 1 saturated carbocycles. The van der Waals surface area contributed by atoms with Gasteiger partial charge in [0, 0.05) is 23.3 Å². The van der Waals surface area contributed by atoms with E-state index >= 15 is 0 Å². The molecule has 1 aromatic heterocycles. The molecule has 0 radical (unpaired) electrons. The standard InChI is InChI=1S/C16H20FN3/c1-16(2)6-5-10(9-16)20-15-12(17)8-13(18)11-4-3-7-19-14(11)15/h3-4,7-8,10,20H,5-6,9,18H2,1-2H3. The van der Waals surface area contributed by atoms with Crippen molar-refractivity contribution in [3.8, 4) is 0 Å². The third kappa shape index (κ3) is 2.30. The van der Waals surface area contributed by atoms with E-state index in [4.69, 9.17) is 5.73 Å². The topological polar surface area (TPSA) is 50.9 Å². The molecule has 1 fully saturated rings. The van der Waals surface area contributed by atoms with Crippen molar-refractivity contribution in [3.63, 3.8) is 0 Å². The number of pyridine rings is 1. The van der Waals surface area contributed by atoms with Crippen LogP contribution in [0.2, 0.25) is 0 Å². The number of halogens is 1. The van der Waals surface area contributed by atoms with E-state index in [2.05, 4.69) is 24.1 Å². The molecule has 3 N–H and O–H groups in total. The van der Waals surface area contributed by atoms with Gasteiger partial charge in [0.25, 0.3) is 0 Å². The molecule has 0 saturated heterocycles. The van der Waals surface area contributed by atoms with E-state index in [9.17, 15) is 4.39 Å². The van der Waals surface area contributed by atoms with Crippen LogP contribution in [0.3, 0.4) is 0 Å². The zero-order chi connectivity index (χ0) is 14.3. The SMILES string of the molecule is CC1(C)CCC(Nc2c(F)cc(N)c3cccnc23)C1. The number of hydrogen-bond donors (Lipinski definition) is 2. The van der Waals surface area contributed by atoms with E-state index in [1.54, 1.807) is 6.20 Å². The minimum atomic E-state index is -0.321. The highest BCUT2D eigenvalue weighted by Crippen LogP contribution is 2.39. The molecule has 0 aliphatic heterocycles. The van der Waals surface area contributed by atoms with Crippen molar-refractivity contribution in [3.05, 3.63) is 30.2 Å². The van der Waals surface area contributed by atoms with E-state index in [1.807, 2.05) is 12.1 Å². The van der Waals surface area contributed by atoms with Gasteiger partial charge >= 0.3 is 0 Å². The van der Waals surface area contributed by atoms with Crippen LogP contribution in [0.1, 0.15) is 33.1 Å². The molecular weight excluding hydrogens is 253 g/mol. The largest absolute Gasteiger partial charge is 0.398 e. The molecule has 1 aliphatic rings. The first-order valence-corrected chi connectivity index (χ1v) is 7.05. The number of nitrogen functional groups attached to an aromatic ring is 1. The van der Waals surface area contributed by atoms with Crippen LogP contribution in [0.25, 0.3) is 10.9 Å². The summed E-state index contributed by atoms with van der Waals surface area (Å²) in [6, 6.07) is 5.38. The average molecular weight is 273 g/mol. The van der Waals surface area contributed by atoms with Crippen molar-refractivity contribution in [2.24, 2.45) is 5.41 Å². The first-order chi connectivity index (χ1) is 9.46. The van der Waals surface area contributed by atoms with Crippen molar-refractivity contribution in [1.29, 1.82) is 0 Å². The van der Waals surface area contributed by atoms with E-state index < -0.39 is 0 Å². The monoisotopic (exact) mass is 273 g/mol. The van der Waals surface area contributed by atoms with E-state index in [0.29, 0.717) is 28.3 Å². The van der Waals surface area contributed by atoms with Gasteiger partial charge in [-0.3, -0.25) is 4.98 Å². The Morgan fingerprint density at radius 3 is 2.95 bits per heavy atom. The van der Waals surface area contributed by atoms with Crippen LogP contribution in [0.4, 0.5) is 15.8 Å². The lowest BCUT2D eigenvalue weighted by Gasteiger charge is -2.20. The Balaban J connectivity index is 1.99. The highest BCUT2D eigenvalue weighted by Gasteiger charge is 2.31. The Hall–Kier alpha value is -1.84. The number of hydrogen-bond acceptors (Lipinski definition) is 3. The normalized spacial score (nSPS) is 21.2. The number of nitrogens with one attached hydrogen (secondary N) is 1. The number of aromatic nitrogens is 1. The summed E-state index contributed by atoms with van der Waals surface area (Å²) >= 11 is 0. The molecule has 0 bridgehead atoms. The summed E-state index contributed by atoms with van der Waals surface area (Å²) in [7, 11) is 0. The maximum atomic E-state index is 14.2. The van der Waals surface area contributed by atoms with Crippen molar-refractivity contribution < 1.29 is 4.39 Å². The molecule has 1 aromatic carbocycles. The van der Waals surface area contributed by atoms with Crippen LogP contribution in [-0.4, -0.2) is 11.0 Å². The Bertz CT molecular complexity index is 651. The molecule has 1 atom stereocenters. The predicted octanol–water partition coefficient (Wildman–Crippen LogP) is 3.95. The third-order valence-corrected chi connectivity index (χ3v) is 4.19. The second kappa shape index (κ2) is 4.62. The predicted molar refractivity (Wildman–Crippen MR) is 81.2 cm³/mol. The quantitative estimate of drug-likeness (QED) is 0.815. The molecule has 2 aromatic rings. The van der Waals surface area contributed by atoms with E-state index in [-0.39, 0.29) is 5.82 Å². The number of nitrogens with two attached hydrogens (primary N) is 1. The number of nitrogens with zero attached hydrogens (tertiary/aromatic N) is 1. The van der Waals surface area contributed by atoms with Crippen LogP contribution >= 0.6 is 0 Å². The fraction of sp³-hybridized carbons (Fsp3) is 0.438. The lowest BCUT2D eigenvalue weighted by Crippen LogP contribution is -2.19. The van der Waals surface area contributed by atoms with Gasteiger partial charge in [0.15, 0.2) is 5.82 Å². The van der Waals surface area contributed by atoms with Crippen LogP contribution in [-0.2, 0) is 0 Å². The molecule has 1 unspecified atom stereocenters. The summed E-state index contributed by atoms with van der Waals surface area (Å²) in [5, 5.41) is 4.14. The van der Waals surface area contributed by atoms with Gasteiger partial charge < -0.3 is 11.1 Å². The van der Waals surface area contributed by atoms with E-state index in [0.717, 1.165) is 24.6 Å². The molecule has 3 nitrogen and oxygen atoms in total. The molecule has 0 spiro atoms. The smallest absolute Gasteiger partial charge is 0.150 e. The summed E-state index contributed by atoms with van der Waals surface area (Å²) in [5.74, 6) is -0.321. The fourth-order valence-electron chi connectivity index (χ4n) is 3.14. The van der Waals surface area contributed by atoms with Crippen molar-refractivity contribution in [2.45, 2.75) is 39.2 Å². The second-order valence-electron chi connectivity index (χ2n) is 6.47. The Morgan fingerprint density at radius 1 is 1.45 bits per heavy atom. The first-order valence-electron chi connectivity index (χ1n) is 7.05. The number of fused-ring (bicyclic) bond motifs is 1. The zero-order valence-electron chi connectivity index (χ0n) is 11.9.